The Morgan fingerprint density at radius 1 is 1.08 bits per heavy atom. The molecule has 0 unspecified atom stereocenters. The lowest BCUT2D eigenvalue weighted by Gasteiger charge is -2.40. The maximum absolute atomic E-state index is 12.4. The predicted octanol–water partition coefficient (Wildman–Crippen LogP) is 3.40. The number of benzene rings is 2. The van der Waals surface area contributed by atoms with Crippen LogP contribution in [0.15, 0.2) is 54.6 Å². The van der Waals surface area contributed by atoms with Gasteiger partial charge in [0.2, 0.25) is 0 Å². The number of rotatable bonds is 5. The smallest absolute Gasteiger partial charge is 0.153 e. The number of hydrogen-bond donors (Lipinski definition) is 1. The van der Waals surface area contributed by atoms with Gasteiger partial charge in [-0.2, -0.15) is 0 Å². The van der Waals surface area contributed by atoms with E-state index in [2.05, 4.69) is 0 Å². The molecule has 1 fully saturated rings. The maximum atomic E-state index is 12.4. The summed E-state index contributed by atoms with van der Waals surface area (Å²) in [5.41, 5.74) is 1.74. The van der Waals surface area contributed by atoms with Crippen molar-refractivity contribution in [1.29, 1.82) is 0 Å². The fourth-order valence-electron chi connectivity index (χ4n) is 3.42. The van der Waals surface area contributed by atoms with Crippen molar-refractivity contribution in [2.45, 2.75) is 31.1 Å². The van der Waals surface area contributed by atoms with Crippen LogP contribution in [0, 0.1) is 5.92 Å². The number of hydrogen-bond acceptors (Lipinski definition) is 4. The van der Waals surface area contributed by atoms with Gasteiger partial charge in [-0.15, -0.1) is 0 Å². The van der Waals surface area contributed by atoms with Gasteiger partial charge >= 0.3 is 0 Å². The van der Waals surface area contributed by atoms with E-state index in [-0.39, 0.29) is 12.4 Å². The van der Waals surface area contributed by atoms with E-state index in [1.54, 1.807) is 13.8 Å². The SMILES string of the molecule is CC(C)S(=O)(=O)C[C@@H]1COCC[C@@]1(O)c1ccc(-c2ccccc2)cc1. The van der Waals surface area contributed by atoms with Crippen LogP contribution < -0.4 is 0 Å². The highest BCUT2D eigenvalue weighted by Crippen LogP contribution is 2.38. The molecule has 4 nitrogen and oxygen atoms in total. The van der Waals surface area contributed by atoms with Crippen LogP contribution in [0.2, 0.25) is 0 Å². The van der Waals surface area contributed by atoms with Crippen LogP contribution >= 0.6 is 0 Å². The van der Waals surface area contributed by atoms with Crippen molar-refractivity contribution >= 4 is 9.84 Å². The zero-order valence-corrected chi connectivity index (χ0v) is 16.1. The first-order valence-corrected chi connectivity index (χ1v) is 10.7. The molecule has 0 radical (unpaired) electrons. The summed E-state index contributed by atoms with van der Waals surface area (Å²) in [5.74, 6) is -0.534. The number of sulfone groups is 1. The van der Waals surface area contributed by atoms with E-state index in [0.29, 0.717) is 13.0 Å². The molecule has 0 aliphatic carbocycles. The van der Waals surface area contributed by atoms with E-state index < -0.39 is 26.6 Å². The summed E-state index contributed by atoms with van der Waals surface area (Å²) in [7, 11) is -3.27. The van der Waals surface area contributed by atoms with Crippen LogP contribution in [0.1, 0.15) is 25.8 Å². The summed E-state index contributed by atoms with van der Waals surface area (Å²) >= 11 is 0. The van der Waals surface area contributed by atoms with Crippen molar-refractivity contribution < 1.29 is 18.3 Å². The van der Waals surface area contributed by atoms with Gasteiger partial charge in [0.25, 0.3) is 0 Å². The standard InChI is InChI=1S/C21H26O4S/c1-16(2)26(23,24)15-20-14-25-13-12-21(20,22)19-10-8-18(9-11-19)17-6-4-3-5-7-17/h3-11,16,20,22H,12-15H2,1-2H3/t20-,21+/m0/s1. The average molecular weight is 375 g/mol. The summed E-state index contributed by atoms with van der Waals surface area (Å²) in [6.07, 6.45) is 0.399. The second-order valence-corrected chi connectivity index (χ2v) is 9.87. The van der Waals surface area contributed by atoms with Crippen molar-refractivity contribution in [3.05, 3.63) is 60.2 Å². The Labute approximate surface area is 155 Å². The van der Waals surface area contributed by atoms with E-state index >= 15 is 0 Å². The van der Waals surface area contributed by atoms with Crippen LogP contribution in [0.5, 0.6) is 0 Å². The monoisotopic (exact) mass is 374 g/mol. The van der Waals surface area contributed by atoms with Crippen molar-refractivity contribution in [2.24, 2.45) is 5.92 Å². The Bertz CT molecular complexity index is 828. The van der Waals surface area contributed by atoms with Gasteiger partial charge in [-0.1, -0.05) is 54.6 Å². The molecule has 1 aliphatic heterocycles. The summed E-state index contributed by atoms with van der Waals surface area (Å²) in [6, 6.07) is 17.8. The van der Waals surface area contributed by atoms with Gasteiger partial charge in [0.15, 0.2) is 9.84 Å². The first kappa shape index (κ1) is 19.1. The van der Waals surface area contributed by atoms with Gasteiger partial charge in [-0.25, -0.2) is 8.42 Å². The minimum Gasteiger partial charge on any atom is -0.385 e. The molecule has 140 valence electrons. The molecule has 1 N–H and O–H groups in total. The molecule has 26 heavy (non-hydrogen) atoms. The molecule has 5 heteroatoms. The third-order valence-electron chi connectivity index (χ3n) is 5.27. The third kappa shape index (κ3) is 3.85. The van der Waals surface area contributed by atoms with Crippen molar-refractivity contribution in [3.63, 3.8) is 0 Å². The molecular formula is C21H26O4S. The first-order valence-electron chi connectivity index (χ1n) is 9.00. The largest absolute Gasteiger partial charge is 0.385 e. The fraction of sp³-hybridized carbons (Fsp3) is 0.429. The van der Waals surface area contributed by atoms with Crippen LogP contribution in [-0.4, -0.2) is 37.7 Å². The lowest BCUT2D eigenvalue weighted by atomic mass is 9.78. The van der Waals surface area contributed by atoms with Gasteiger partial charge in [0, 0.05) is 18.9 Å². The second kappa shape index (κ2) is 7.51. The molecule has 3 rings (SSSR count). The van der Waals surface area contributed by atoms with Crippen molar-refractivity contribution in [2.75, 3.05) is 19.0 Å². The molecule has 1 aliphatic rings. The molecule has 1 saturated heterocycles. The average Bonchev–Trinajstić information content (AvgIpc) is 2.64. The molecule has 0 spiro atoms. The number of ether oxygens (including phenoxy) is 1. The highest BCUT2D eigenvalue weighted by atomic mass is 32.2. The van der Waals surface area contributed by atoms with Gasteiger partial charge in [0.1, 0.15) is 0 Å². The molecule has 2 aromatic rings. The molecule has 0 amide bonds. The third-order valence-corrected chi connectivity index (χ3v) is 7.57. The lowest BCUT2D eigenvalue weighted by molar-refractivity contribution is -0.110. The highest BCUT2D eigenvalue weighted by Gasteiger charge is 2.43. The lowest BCUT2D eigenvalue weighted by Crippen LogP contribution is -2.46. The van der Waals surface area contributed by atoms with Crippen LogP contribution in [0.4, 0.5) is 0 Å². The maximum Gasteiger partial charge on any atom is 0.153 e. The zero-order valence-electron chi connectivity index (χ0n) is 15.3. The minimum absolute atomic E-state index is 0.0679. The van der Waals surface area contributed by atoms with Crippen molar-refractivity contribution in [3.8, 4) is 11.1 Å². The van der Waals surface area contributed by atoms with Crippen LogP contribution in [0.3, 0.4) is 0 Å². The van der Waals surface area contributed by atoms with E-state index in [0.717, 1.165) is 16.7 Å². The Hall–Kier alpha value is -1.69. The summed E-state index contributed by atoms with van der Waals surface area (Å²) < 4.78 is 30.3. The molecule has 0 aromatic heterocycles. The molecule has 2 aromatic carbocycles. The molecule has 0 saturated carbocycles. The second-order valence-electron chi connectivity index (χ2n) is 7.27. The van der Waals surface area contributed by atoms with E-state index in [1.165, 1.54) is 0 Å². The van der Waals surface area contributed by atoms with E-state index in [1.807, 2.05) is 54.6 Å². The normalized spacial score (nSPS) is 23.9. The van der Waals surface area contributed by atoms with Gasteiger partial charge in [-0.3, -0.25) is 0 Å². The summed E-state index contributed by atoms with van der Waals surface area (Å²) in [6.45, 7) is 4.03. The van der Waals surface area contributed by atoms with Crippen LogP contribution in [0.25, 0.3) is 11.1 Å². The van der Waals surface area contributed by atoms with Crippen LogP contribution in [-0.2, 0) is 20.2 Å². The van der Waals surface area contributed by atoms with Gasteiger partial charge in [-0.05, 0) is 30.5 Å². The van der Waals surface area contributed by atoms with Crippen molar-refractivity contribution in [1.82, 2.24) is 0 Å². The predicted molar refractivity (Wildman–Crippen MR) is 104 cm³/mol. The molecular weight excluding hydrogens is 348 g/mol. The summed E-state index contributed by atoms with van der Waals surface area (Å²) in [5, 5.41) is 10.9. The zero-order chi connectivity index (χ0) is 18.8. The highest BCUT2D eigenvalue weighted by molar-refractivity contribution is 7.91. The quantitative estimate of drug-likeness (QED) is 0.871. The molecule has 0 bridgehead atoms. The topological polar surface area (TPSA) is 63.6 Å². The summed E-state index contributed by atoms with van der Waals surface area (Å²) in [4.78, 5) is 0. The van der Waals surface area contributed by atoms with Gasteiger partial charge < -0.3 is 9.84 Å². The fourth-order valence-corrected chi connectivity index (χ4v) is 4.73. The minimum atomic E-state index is -3.27. The Balaban J connectivity index is 1.89. The molecule has 1 heterocycles. The number of aliphatic hydroxyl groups is 1. The Morgan fingerprint density at radius 3 is 2.31 bits per heavy atom. The molecule has 2 atom stereocenters. The van der Waals surface area contributed by atoms with Gasteiger partial charge in [0.05, 0.1) is 23.2 Å². The van der Waals surface area contributed by atoms with E-state index in [9.17, 15) is 13.5 Å². The Kier molecular flexibility index (Phi) is 5.51. The Morgan fingerprint density at radius 2 is 1.69 bits per heavy atom. The first-order chi connectivity index (χ1) is 12.3. The van der Waals surface area contributed by atoms with E-state index in [4.69, 9.17) is 4.74 Å².